The highest BCUT2D eigenvalue weighted by Crippen LogP contribution is 2.39. The van der Waals surface area contributed by atoms with Crippen LogP contribution in [-0.2, 0) is 23.4 Å². The highest BCUT2D eigenvalue weighted by molar-refractivity contribution is 6.99. The van der Waals surface area contributed by atoms with Gasteiger partial charge in [0.15, 0.2) is 6.23 Å². The lowest BCUT2D eigenvalue weighted by Gasteiger charge is -2.43. The first-order chi connectivity index (χ1) is 19.6. The van der Waals surface area contributed by atoms with E-state index in [1.54, 1.807) is 14.0 Å². The fourth-order valence-electron chi connectivity index (χ4n) is 5.54. The van der Waals surface area contributed by atoms with E-state index in [1.807, 2.05) is 36.4 Å². The Balaban J connectivity index is 1.76. The average Bonchev–Trinajstić information content (AvgIpc) is 3.28. The zero-order chi connectivity index (χ0) is 29.6. The molecule has 4 rings (SSSR count). The third-order valence-corrected chi connectivity index (χ3v) is 12.5. The Kier molecular flexibility index (Phi) is 10.1. The third kappa shape index (κ3) is 6.46. The van der Waals surface area contributed by atoms with Gasteiger partial charge in [0.25, 0.3) is 13.9 Å². The van der Waals surface area contributed by atoms with Gasteiger partial charge in [-0.05, 0) is 22.3 Å². The molecule has 222 valence electrons. The van der Waals surface area contributed by atoms with E-state index in [9.17, 15) is 14.7 Å². The summed E-state index contributed by atoms with van der Waals surface area (Å²) < 4.78 is 31.9. The second-order valence-corrected chi connectivity index (χ2v) is 15.4. The van der Waals surface area contributed by atoms with Crippen molar-refractivity contribution < 1.29 is 28.5 Å². The van der Waals surface area contributed by atoms with Gasteiger partial charge in [-0.2, -0.15) is 0 Å². The quantitative estimate of drug-likeness (QED) is 0.188. The van der Waals surface area contributed by atoms with E-state index >= 15 is 0 Å². The van der Waals surface area contributed by atoms with Crippen LogP contribution >= 0.6 is 0 Å². The number of nitrogens with one attached hydrogen (secondary N) is 1. The second-order valence-electron chi connectivity index (χ2n) is 11.1. The highest BCUT2D eigenvalue weighted by atomic mass is 28.4. The molecular weight excluding hydrogens is 544 g/mol. The minimum absolute atomic E-state index is 0.107. The molecule has 2 unspecified atom stereocenters. The summed E-state index contributed by atoms with van der Waals surface area (Å²) in [5.41, 5.74) is -0.770. The van der Waals surface area contributed by atoms with Crippen LogP contribution < -0.4 is 21.6 Å². The first-order valence-corrected chi connectivity index (χ1v) is 15.6. The van der Waals surface area contributed by atoms with Crippen LogP contribution in [0.3, 0.4) is 0 Å². The molecule has 10 nitrogen and oxygen atoms in total. The predicted molar refractivity (Wildman–Crippen MR) is 157 cm³/mol. The molecule has 1 aromatic heterocycles. The lowest BCUT2D eigenvalue weighted by atomic mass is 10.1. The molecule has 0 saturated carbocycles. The van der Waals surface area contributed by atoms with Gasteiger partial charge in [0, 0.05) is 18.9 Å². The molecule has 11 heteroatoms. The lowest BCUT2D eigenvalue weighted by molar-refractivity contribution is -0.123. The summed E-state index contributed by atoms with van der Waals surface area (Å²) in [4.78, 5) is 27.3. The van der Waals surface area contributed by atoms with Crippen LogP contribution in [0.4, 0.5) is 0 Å². The summed E-state index contributed by atoms with van der Waals surface area (Å²) in [7, 11) is -1.37. The molecule has 2 aromatic carbocycles. The average molecular weight is 585 g/mol. The van der Waals surface area contributed by atoms with Gasteiger partial charge < -0.3 is 28.5 Å². The Morgan fingerprint density at radius 1 is 0.951 bits per heavy atom. The molecule has 0 radical (unpaired) electrons. The normalized spacial score (nSPS) is 21.3. The molecule has 41 heavy (non-hydrogen) atoms. The van der Waals surface area contributed by atoms with Crippen LogP contribution in [0.5, 0.6) is 0 Å². The predicted octanol–water partition coefficient (Wildman–Crippen LogP) is 1.69. The maximum absolute atomic E-state index is 12.9. The van der Waals surface area contributed by atoms with Gasteiger partial charge in [-0.25, -0.2) is 4.79 Å². The monoisotopic (exact) mass is 584 g/mol. The summed E-state index contributed by atoms with van der Waals surface area (Å²) in [6.45, 7) is 8.17. The molecule has 4 atom stereocenters. The Bertz CT molecular complexity index is 1330. The van der Waals surface area contributed by atoms with Gasteiger partial charge >= 0.3 is 5.69 Å². The Hall–Kier alpha value is -2.90. The number of H-pyrrole nitrogens is 1. The lowest BCUT2D eigenvalue weighted by Crippen LogP contribution is -2.67. The topological polar surface area (TPSA) is 121 Å². The molecule has 1 saturated heterocycles. The Morgan fingerprint density at radius 3 is 2.10 bits per heavy atom. The molecule has 2 heterocycles. The van der Waals surface area contributed by atoms with Gasteiger partial charge in [0.1, 0.15) is 25.1 Å². The number of aromatic nitrogens is 2. The highest BCUT2D eigenvalue weighted by Gasteiger charge is 2.53. The van der Waals surface area contributed by atoms with Crippen molar-refractivity contribution in [2.75, 3.05) is 33.7 Å². The van der Waals surface area contributed by atoms with E-state index < -0.39 is 50.9 Å². The van der Waals surface area contributed by atoms with Gasteiger partial charge in [-0.3, -0.25) is 14.3 Å². The molecule has 3 aromatic rings. The van der Waals surface area contributed by atoms with Crippen molar-refractivity contribution in [1.82, 2.24) is 9.55 Å². The summed E-state index contributed by atoms with van der Waals surface area (Å²) in [6, 6.07) is 20.4. The van der Waals surface area contributed by atoms with E-state index in [-0.39, 0.29) is 18.3 Å². The van der Waals surface area contributed by atoms with E-state index in [0.717, 1.165) is 10.4 Å². The molecule has 1 fully saturated rings. The number of aryl methyl sites for hydroxylation is 1. The summed E-state index contributed by atoms with van der Waals surface area (Å²) in [5, 5.41) is 11.8. The number of hydrogen-bond donors (Lipinski definition) is 2. The molecule has 0 bridgehead atoms. The SMILES string of the molecule is COCCOC1C(OCO)[C@H](CO[Si](c2ccccc2)(c2ccccc2)C(C)(C)C)O[C@@H]1n1cc(C)c(=O)[nH]c1=O. The maximum Gasteiger partial charge on any atom is 0.330 e. The van der Waals surface area contributed by atoms with E-state index in [2.05, 4.69) is 50.0 Å². The first-order valence-electron chi connectivity index (χ1n) is 13.7. The summed E-state index contributed by atoms with van der Waals surface area (Å²) in [5.74, 6) is 0. The molecule has 0 spiro atoms. The summed E-state index contributed by atoms with van der Waals surface area (Å²) in [6.07, 6.45) is -1.79. The summed E-state index contributed by atoms with van der Waals surface area (Å²) >= 11 is 0. The van der Waals surface area contributed by atoms with Crippen molar-refractivity contribution in [1.29, 1.82) is 0 Å². The first kappa shape index (κ1) is 31.0. The Morgan fingerprint density at radius 2 is 1.56 bits per heavy atom. The van der Waals surface area contributed by atoms with Gasteiger partial charge in [-0.1, -0.05) is 81.4 Å². The third-order valence-electron chi connectivity index (χ3n) is 7.45. The largest absolute Gasteiger partial charge is 0.405 e. The molecule has 2 N–H and O–H groups in total. The number of aromatic amines is 1. The van der Waals surface area contributed by atoms with E-state index in [0.29, 0.717) is 12.2 Å². The van der Waals surface area contributed by atoms with Gasteiger partial charge in [0.05, 0.1) is 19.8 Å². The maximum atomic E-state index is 12.9. The number of nitrogens with zero attached hydrogens (tertiary/aromatic N) is 1. The van der Waals surface area contributed by atoms with Gasteiger partial charge in [-0.15, -0.1) is 0 Å². The number of rotatable bonds is 12. The number of methoxy groups -OCH3 is 1. The molecule has 0 aliphatic carbocycles. The number of aliphatic hydroxyl groups excluding tert-OH is 1. The number of benzene rings is 2. The van der Waals surface area contributed by atoms with Crippen molar-refractivity contribution in [3.63, 3.8) is 0 Å². The fraction of sp³-hybridized carbons (Fsp3) is 0.467. The molecule has 1 aliphatic heterocycles. The molecular formula is C30H40N2O8Si. The van der Waals surface area contributed by atoms with Crippen LogP contribution in [0.1, 0.15) is 32.6 Å². The standard InChI is InChI=1S/C30H40N2O8Si/c1-21-18-32(29(35)31-27(21)34)28-26(37-17-16-36-5)25(38-20-33)24(40-28)19-39-41(30(2,3)4,22-12-8-6-9-13-22)23-14-10-7-11-15-23/h6-15,18,24-26,28,33H,16-17,19-20H2,1-5H3,(H,31,34,35)/t24-,25?,26?,28-/m0/s1. The number of aliphatic hydroxyl groups is 1. The van der Waals surface area contributed by atoms with Crippen molar-refractivity contribution in [2.24, 2.45) is 0 Å². The van der Waals surface area contributed by atoms with Crippen molar-refractivity contribution in [2.45, 2.75) is 57.3 Å². The van der Waals surface area contributed by atoms with E-state index in [1.165, 1.54) is 10.8 Å². The van der Waals surface area contributed by atoms with Crippen LogP contribution in [0.15, 0.2) is 76.4 Å². The van der Waals surface area contributed by atoms with E-state index in [4.69, 9.17) is 23.4 Å². The molecule has 1 aliphatic rings. The second kappa shape index (κ2) is 13.4. The van der Waals surface area contributed by atoms with Crippen LogP contribution in [0, 0.1) is 6.92 Å². The van der Waals surface area contributed by atoms with Crippen molar-refractivity contribution in [3.05, 3.63) is 93.3 Å². The minimum Gasteiger partial charge on any atom is -0.405 e. The number of hydrogen-bond acceptors (Lipinski definition) is 8. The smallest absolute Gasteiger partial charge is 0.330 e. The zero-order valence-corrected chi connectivity index (χ0v) is 25.2. The van der Waals surface area contributed by atoms with Crippen molar-refractivity contribution in [3.8, 4) is 0 Å². The van der Waals surface area contributed by atoms with Gasteiger partial charge in [0.2, 0.25) is 0 Å². The minimum atomic E-state index is -2.93. The van der Waals surface area contributed by atoms with Crippen molar-refractivity contribution >= 4 is 18.7 Å². The van der Waals surface area contributed by atoms with Crippen LogP contribution in [-0.4, -0.2) is 75.0 Å². The van der Waals surface area contributed by atoms with Crippen LogP contribution in [0.25, 0.3) is 0 Å². The fourth-order valence-corrected chi connectivity index (χ4v) is 10.1. The number of ether oxygens (including phenoxy) is 4. The Labute approximate surface area is 240 Å². The zero-order valence-electron chi connectivity index (χ0n) is 24.2. The molecule has 0 amide bonds. The van der Waals surface area contributed by atoms with Crippen LogP contribution in [0.2, 0.25) is 5.04 Å².